The Morgan fingerprint density at radius 2 is 1.93 bits per heavy atom. The smallest absolute Gasteiger partial charge is 0.273 e. The number of fused-ring (bicyclic) bond motifs is 1. The first-order valence-corrected chi connectivity index (χ1v) is 9.04. The number of carbonyl (C=O) groups excluding carboxylic acids is 1. The van der Waals surface area contributed by atoms with Crippen molar-refractivity contribution >= 4 is 32.6 Å². The number of hydrogen-bond acceptors (Lipinski definition) is 4. The van der Waals surface area contributed by atoms with Gasteiger partial charge in [-0.2, -0.15) is 0 Å². The van der Waals surface area contributed by atoms with E-state index in [2.05, 4.69) is 26.3 Å². The highest BCUT2D eigenvalue weighted by Gasteiger charge is 2.14. The number of hydrogen-bond donors (Lipinski definition) is 2. The van der Waals surface area contributed by atoms with Crippen molar-refractivity contribution in [2.45, 2.75) is 19.5 Å². The minimum atomic E-state index is -0.416. The number of amides is 1. The molecule has 0 radical (unpaired) electrons. The molecule has 8 heteroatoms. The van der Waals surface area contributed by atoms with Crippen LogP contribution in [-0.4, -0.2) is 22.8 Å². The second-order valence-electron chi connectivity index (χ2n) is 6.06. The van der Waals surface area contributed by atoms with E-state index in [1.807, 2.05) is 19.1 Å². The number of benzene rings is 2. The average molecular weight is 432 g/mol. The quantitative estimate of drug-likeness (QED) is 0.648. The number of methoxy groups -OCH3 is 1. The lowest BCUT2D eigenvalue weighted by Crippen LogP contribution is -2.37. The van der Waals surface area contributed by atoms with Gasteiger partial charge in [-0.15, -0.1) is 0 Å². The Labute approximate surface area is 163 Å². The topological polar surface area (TPSA) is 93.2 Å². The Morgan fingerprint density at radius 3 is 2.59 bits per heavy atom. The number of aromatic nitrogens is 2. The van der Waals surface area contributed by atoms with E-state index >= 15 is 0 Å². The number of H-pyrrole nitrogens is 1. The molecule has 3 aromatic rings. The van der Waals surface area contributed by atoms with Gasteiger partial charge in [0, 0.05) is 0 Å². The lowest BCUT2D eigenvalue weighted by molar-refractivity contribution is -0.122. The molecule has 0 aliphatic rings. The molecular formula is C19H18BrN3O4. The molecule has 0 saturated carbocycles. The minimum Gasteiger partial charge on any atom is -0.496 e. The van der Waals surface area contributed by atoms with Crippen LogP contribution in [-0.2, 0) is 11.3 Å². The van der Waals surface area contributed by atoms with Gasteiger partial charge in [0.25, 0.3) is 11.1 Å². The van der Waals surface area contributed by atoms with Gasteiger partial charge >= 0.3 is 0 Å². The molecule has 0 bridgehead atoms. The second-order valence-corrected chi connectivity index (χ2v) is 6.92. The second kappa shape index (κ2) is 7.79. The molecule has 0 aliphatic heterocycles. The van der Waals surface area contributed by atoms with Crippen molar-refractivity contribution in [3.05, 3.63) is 73.2 Å². The van der Waals surface area contributed by atoms with E-state index in [0.29, 0.717) is 11.1 Å². The van der Waals surface area contributed by atoms with Gasteiger partial charge in [-0.3, -0.25) is 19.5 Å². The zero-order chi connectivity index (χ0) is 19.6. The molecule has 2 N–H and O–H groups in total. The summed E-state index contributed by atoms with van der Waals surface area (Å²) in [6, 6.07) is 11.7. The van der Waals surface area contributed by atoms with Crippen molar-refractivity contribution in [1.82, 2.24) is 15.1 Å². The Bertz CT molecular complexity index is 1120. The summed E-state index contributed by atoms with van der Waals surface area (Å²) in [5, 5.41) is 5.85. The number of ether oxygens (including phenoxy) is 1. The van der Waals surface area contributed by atoms with Gasteiger partial charge in [0.1, 0.15) is 12.3 Å². The summed E-state index contributed by atoms with van der Waals surface area (Å²) in [5.74, 6) is 0.306. The zero-order valence-corrected chi connectivity index (χ0v) is 16.4. The maximum Gasteiger partial charge on any atom is 0.273 e. The summed E-state index contributed by atoms with van der Waals surface area (Å²) in [4.78, 5) is 37.0. The highest BCUT2D eigenvalue weighted by atomic mass is 79.9. The van der Waals surface area contributed by atoms with Crippen LogP contribution in [0, 0.1) is 0 Å². The van der Waals surface area contributed by atoms with E-state index < -0.39 is 11.1 Å². The zero-order valence-electron chi connectivity index (χ0n) is 14.8. The Hall–Kier alpha value is -2.87. The van der Waals surface area contributed by atoms with Crippen molar-refractivity contribution in [2.24, 2.45) is 0 Å². The predicted molar refractivity (Wildman–Crippen MR) is 106 cm³/mol. The number of carbonyl (C=O) groups is 1. The molecule has 7 nitrogen and oxygen atoms in total. The van der Waals surface area contributed by atoms with E-state index in [0.717, 1.165) is 14.7 Å². The SMILES string of the molecule is COc1ccc(C(C)NC(=O)Cn2[nH]c(=O)c3ccccc3c2=O)cc1Br. The van der Waals surface area contributed by atoms with E-state index in [1.54, 1.807) is 37.4 Å². The van der Waals surface area contributed by atoms with Crippen LogP contribution in [0.15, 0.2) is 56.5 Å². The van der Waals surface area contributed by atoms with Crippen LogP contribution in [0.5, 0.6) is 5.75 Å². The largest absolute Gasteiger partial charge is 0.496 e. The normalized spacial score (nSPS) is 12.0. The number of aromatic amines is 1. The molecule has 1 unspecified atom stereocenters. The first-order chi connectivity index (χ1) is 12.9. The third kappa shape index (κ3) is 3.95. The molecule has 1 heterocycles. The summed E-state index contributed by atoms with van der Waals surface area (Å²) < 4.78 is 6.99. The fourth-order valence-corrected chi connectivity index (χ4v) is 3.38. The number of nitrogens with zero attached hydrogens (tertiary/aromatic N) is 1. The molecule has 27 heavy (non-hydrogen) atoms. The number of rotatable bonds is 5. The monoisotopic (exact) mass is 431 g/mol. The molecule has 1 amide bonds. The molecule has 0 fully saturated rings. The molecule has 0 aliphatic carbocycles. The maximum atomic E-state index is 12.5. The highest BCUT2D eigenvalue weighted by molar-refractivity contribution is 9.10. The third-order valence-corrected chi connectivity index (χ3v) is 4.86. The molecular weight excluding hydrogens is 414 g/mol. The molecule has 0 saturated heterocycles. The maximum absolute atomic E-state index is 12.5. The molecule has 1 aromatic heterocycles. The molecule has 2 aromatic carbocycles. The van der Waals surface area contributed by atoms with E-state index in [1.165, 1.54) is 0 Å². The van der Waals surface area contributed by atoms with E-state index in [4.69, 9.17) is 4.74 Å². The van der Waals surface area contributed by atoms with E-state index in [9.17, 15) is 14.4 Å². The van der Waals surface area contributed by atoms with Gasteiger partial charge in [0.05, 0.1) is 28.4 Å². The van der Waals surface area contributed by atoms with Crippen molar-refractivity contribution in [3.63, 3.8) is 0 Å². The van der Waals surface area contributed by atoms with Crippen LogP contribution in [0.25, 0.3) is 10.8 Å². The fourth-order valence-electron chi connectivity index (χ4n) is 2.82. The standard InChI is InChI=1S/C19H18BrN3O4/c1-11(12-7-8-16(27-2)15(20)9-12)21-17(24)10-23-19(26)14-6-4-3-5-13(14)18(25)22-23/h3-9,11H,10H2,1-2H3,(H,21,24)(H,22,25). The van der Waals surface area contributed by atoms with Crippen LogP contribution in [0.4, 0.5) is 0 Å². The van der Waals surface area contributed by atoms with Crippen molar-refractivity contribution in [3.8, 4) is 5.75 Å². The Kier molecular flexibility index (Phi) is 5.46. The van der Waals surface area contributed by atoms with Crippen LogP contribution in [0.1, 0.15) is 18.5 Å². The molecule has 0 spiro atoms. The van der Waals surface area contributed by atoms with Gasteiger partial charge in [-0.1, -0.05) is 18.2 Å². The number of halogens is 1. The van der Waals surface area contributed by atoms with E-state index in [-0.39, 0.29) is 23.9 Å². The Morgan fingerprint density at radius 1 is 1.22 bits per heavy atom. The Balaban J connectivity index is 1.79. The van der Waals surface area contributed by atoms with Crippen molar-refractivity contribution < 1.29 is 9.53 Å². The summed E-state index contributed by atoms with van der Waals surface area (Å²) in [7, 11) is 1.58. The fraction of sp³-hybridized carbons (Fsp3) is 0.211. The van der Waals surface area contributed by atoms with Crippen molar-refractivity contribution in [1.29, 1.82) is 0 Å². The van der Waals surface area contributed by atoms with Gasteiger partial charge in [0.15, 0.2) is 0 Å². The average Bonchev–Trinajstić information content (AvgIpc) is 2.65. The highest BCUT2D eigenvalue weighted by Crippen LogP contribution is 2.27. The summed E-state index contributed by atoms with van der Waals surface area (Å²) in [5.41, 5.74) is 0.0423. The molecule has 1 atom stereocenters. The first-order valence-electron chi connectivity index (χ1n) is 8.25. The van der Waals surface area contributed by atoms with Crippen LogP contribution in [0.3, 0.4) is 0 Å². The first kappa shape index (κ1) is 18.9. The van der Waals surface area contributed by atoms with Gasteiger partial charge in [-0.05, 0) is 52.7 Å². The predicted octanol–water partition coefficient (Wildman–Crippen LogP) is 2.34. The lowest BCUT2D eigenvalue weighted by atomic mass is 10.1. The van der Waals surface area contributed by atoms with Crippen LogP contribution >= 0.6 is 15.9 Å². The summed E-state index contributed by atoms with van der Waals surface area (Å²) >= 11 is 3.41. The van der Waals surface area contributed by atoms with Crippen molar-refractivity contribution in [2.75, 3.05) is 7.11 Å². The number of nitrogens with one attached hydrogen (secondary N) is 2. The minimum absolute atomic E-state index is 0.277. The lowest BCUT2D eigenvalue weighted by Gasteiger charge is -2.16. The summed E-state index contributed by atoms with van der Waals surface area (Å²) in [6.45, 7) is 1.55. The van der Waals surface area contributed by atoms with Gasteiger partial charge < -0.3 is 10.1 Å². The van der Waals surface area contributed by atoms with Crippen LogP contribution in [0.2, 0.25) is 0 Å². The van der Waals surface area contributed by atoms with Crippen LogP contribution < -0.4 is 21.2 Å². The molecule has 3 rings (SSSR count). The third-order valence-electron chi connectivity index (χ3n) is 4.24. The molecule has 140 valence electrons. The summed E-state index contributed by atoms with van der Waals surface area (Å²) in [6.07, 6.45) is 0. The van der Waals surface area contributed by atoms with Gasteiger partial charge in [-0.25, -0.2) is 4.68 Å². The van der Waals surface area contributed by atoms with Gasteiger partial charge in [0.2, 0.25) is 5.91 Å².